The molecular formula is C17H25N2O2+. The summed E-state index contributed by atoms with van der Waals surface area (Å²) < 4.78 is 11.0. The van der Waals surface area contributed by atoms with Crippen LogP contribution in [-0.4, -0.2) is 27.8 Å². The third-order valence-corrected chi connectivity index (χ3v) is 3.83. The molecule has 0 radical (unpaired) electrons. The van der Waals surface area contributed by atoms with Gasteiger partial charge in [-0.1, -0.05) is 13.3 Å². The molecule has 0 bridgehead atoms. The van der Waals surface area contributed by atoms with Crippen LogP contribution in [0.15, 0.2) is 18.2 Å². The molecule has 0 saturated carbocycles. The van der Waals surface area contributed by atoms with Crippen molar-refractivity contribution in [3.8, 4) is 11.5 Å². The van der Waals surface area contributed by atoms with Gasteiger partial charge in [0.25, 0.3) is 5.82 Å². The quantitative estimate of drug-likeness (QED) is 0.819. The Bertz CT molecular complexity index is 626. The Morgan fingerprint density at radius 2 is 1.81 bits per heavy atom. The smallest absolute Gasteiger partial charge is 0.274 e. The number of unbranched alkanes of at least 4 members (excludes halogenated alkanes) is 1. The monoisotopic (exact) mass is 289 g/mol. The van der Waals surface area contributed by atoms with Gasteiger partial charge >= 0.3 is 0 Å². The number of rotatable bonds is 6. The highest BCUT2D eigenvalue weighted by Crippen LogP contribution is 2.33. The molecule has 1 N–H and O–H groups in total. The summed E-state index contributed by atoms with van der Waals surface area (Å²) in [6.07, 6.45) is 2.37. The lowest BCUT2D eigenvalue weighted by atomic mass is 10.1. The molecule has 0 spiro atoms. The van der Waals surface area contributed by atoms with E-state index in [1.165, 1.54) is 18.4 Å². The third-order valence-electron chi connectivity index (χ3n) is 3.83. The number of benzene rings is 1. The Kier molecular flexibility index (Phi) is 4.89. The minimum Gasteiger partial charge on any atom is -0.496 e. The van der Waals surface area contributed by atoms with E-state index in [0.29, 0.717) is 0 Å². The fraction of sp³-hybridized carbons (Fsp3) is 0.471. The Labute approximate surface area is 126 Å². The van der Waals surface area contributed by atoms with Crippen LogP contribution < -0.4 is 19.4 Å². The zero-order chi connectivity index (χ0) is 15.4. The van der Waals surface area contributed by atoms with Gasteiger partial charge in [0, 0.05) is 6.07 Å². The molecule has 0 aliphatic rings. The fourth-order valence-electron chi connectivity index (χ4n) is 2.58. The van der Waals surface area contributed by atoms with E-state index in [2.05, 4.69) is 36.8 Å². The van der Waals surface area contributed by atoms with Crippen LogP contribution in [0.3, 0.4) is 0 Å². The maximum atomic E-state index is 5.49. The van der Waals surface area contributed by atoms with Crippen molar-refractivity contribution in [2.45, 2.75) is 26.7 Å². The van der Waals surface area contributed by atoms with E-state index in [-0.39, 0.29) is 0 Å². The highest BCUT2D eigenvalue weighted by Gasteiger charge is 2.18. The summed E-state index contributed by atoms with van der Waals surface area (Å²) in [6.45, 7) is 5.34. The molecule has 1 aromatic heterocycles. The van der Waals surface area contributed by atoms with Crippen molar-refractivity contribution in [1.29, 1.82) is 0 Å². The van der Waals surface area contributed by atoms with Crippen LogP contribution in [-0.2, 0) is 0 Å². The first-order chi connectivity index (χ1) is 10.1. The Morgan fingerprint density at radius 3 is 2.43 bits per heavy atom. The van der Waals surface area contributed by atoms with Crippen molar-refractivity contribution in [2.75, 3.05) is 32.7 Å². The van der Waals surface area contributed by atoms with E-state index >= 15 is 0 Å². The van der Waals surface area contributed by atoms with Crippen molar-refractivity contribution in [3.63, 3.8) is 0 Å². The number of aromatic nitrogens is 1. The summed E-state index contributed by atoms with van der Waals surface area (Å²) in [4.78, 5) is 5.74. The molecule has 4 nitrogen and oxygen atoms in total. The highest BCUT2D eigenvalue weighted by atomic mass is 16.5. The lowest BCUT2D eigenvalue weighted by Crippen LogP contribution is -2.26. The van der Waals surface area contributed by atoms with E-state index < -0.39 is 0 Å². The second-order valence-corrected chi connectivity index (χ2v) is 5.33. The average molecular weight is 289 g/mol. The van der Waals surface area contributed by atoms with Gasteiger partial charge in [-0.25, -0.2) is 4.98 Å². The molecule has 1 heterocycles. The molecule has 21 heavy (non-hydrogen) atoms. The Morgan fingerprint density at radius 1 is 1.14 bits per heavy atom. The molecule has 0 saturated heterocycles. The van der Waals surface area contributed by atoms with Crippen molar-refractivity contribution in [3.05, 3.63) is 23.8 Å². The Hall–Kier alpha value is -1.97. The molecule has 114 valence electrons. The summed E-state index contributed by atoms with van der Waals surface area (Å²) >= 11 is 0. The van der Waals surface area contributed by atoms with Crippen LogP contribution in [0.25, 0.3) is 10.9 Å². The summed E-state index contributed by atoms with van der Waals surface area (Å²) in [6, 6.07) is 6.05. The number of ether oxygens (including phenoxy) is 2. The molecule has 0 aliphatic carbocycles. The minimum absolute atomic E-state index is 0.833. The van der Waals surface area contributed by atoms with Gasteiger partial charge in [0.15, 0.2) is 11.3 Å². The number of hydrogen-bond acceptors (Lipinski definition) is 3. The summed E-state index contributed by atoms with van der Waals surface area (Å²) in [5.41, 5.74) is 2.16. The van der Waals surface area contributed by atoms with Gasteiger partial charge in [-0.3, -0.25) is 4.90 Å². The predicted molar refractivity (Wildman–Crippen MR) is 86.5 cm³/mol. The van der Waals surface area contributed by atoms with Crippen molar-refractivity contribution in [1.82, 2.24) is 0 Å². The number of nitrogens with zero attached hydrogens (tertiary/aromatic N) is 1. The standard InChI is InChI=1S/C17H24N2O2/c1-6-7-10-19(3)15-11-12(2)16-13(20-4)8-9-14(21-5)17(16)18-15/h8-9,11H,6-7,10H2,1-5H3/p+1. The normalized spacial score (nSPS) is 10.7. The summed E-state index contributed by atoms with van der Waals surface area (Å²) in [5, 5.41) is 1.07. The van der Waals surface area contributed by atoms with Gasteiger partial charge < -0.3 is 9.47 Å². The molecule has 0 unspecified atom stereocenters. The first-order valence-electron chi connectivity index (χ1n) is 7.41. The maximum absolute atomic E-state index is 5.49. The van der Waals surface area contributed by atoms with Gasteiger partial charge in [0.05, 0.1) is 33.2 Å². The SMILES string of the molecule is CCCCN(C)c1cc(C)c2c(OC)ccc(OC)c2[nH+]1. The molecule has 0 fully saturated rings. The number of aryl methyl sites for hydroxylation is 1. The van der Waals surface area contributed by atoms with Crippen LogP contribution in [0.4, 0.5) is 5.82 Å². The van der Waals surface area contributed by atoms with Crippen molar-refractivity contribution >= 4 is 16.7 Å². The number of nitrogens with one attached hydrogen (secondary N) is 1. The number of methoxy groups -OCH3 is 2. The van der Waals surface area contributed by atoms with Crippen LogP contribution in [0.5, 0.6) is 11.5 Å². The number of H-pyrrole nitrogens is 1. The van der Waals surface area contributed by atoms with Gasteiger partial charge in [-0.15, -0.1) is 0 Å². The zero-order valence-corrected chi connectivity index (χ0v) is 13.6. The number of pyridine rings is 1. The van der Waals surface area contributed by atoms with E-state index in [4.69, 9.17) is 9.47 Å². The van der Waals surface area contributed by atoms with E-state index in [1.807, 2.05) is 12.1 Å². The van der Waals surface area contributed by atoms with Gasteiger partial charge in [0.1, 0.15) is 5.75 Å². The maximum Gasteiger partial charge on any atom is 0.274 e. The molecule has 2 aromatic rings. The average Bonchev–Trinajstić information content (AvgIpc) is 2.51. The molecular weight excluding hydrogens is 264 g/mol. The first kappa shape index (κ1) is 15.4. The predicted octanol–water partition coefficient (Wildman–Crippen LogP) is 3.22. The fourth-order valence-corrected chi connectivity index (χ4v) is 2.58. The summed E-state index contributed by atoms with van der Waals surface area (Å²) in [7, 11) is 5.50. The van der Waals surface area contributed by atoms with Crippen molar-refractivity contribution < 1.29 is 14.5 Å². The third kappa shape index (κ3) is 3.04. The second-order valence-electron chi connectivity index (χ2n) is 5.33. The van der Waals surface area contributed by atoms with Gasteiger partial charge in [-0.05, 0) is 31.0 Å². The number of aromatic amines is 1. The molecule has 0 atom stereocenters. The van der Waals surface area contributed by atoms with E-state index in [9.17, 15) is 0 Å². The molecule has 0 aliphatic heterocycles. The van der Waals surface area contributed by atoms with E-state index in [0.717, 1.165) is 34.8 Å². The number of hydrogen-bond donors (Lipinski definition) is 0. The molecule has 1 aromatic carbocycles. The number of fused-ring (bicyclic) bond motifs is 1. The van der Waals surface area contributed by atoms with Crippen LogP contribution in [0.1, 0.15) is 25.3 Å². The molecule has 2 rings (SSSR count). The van der Waals surface area contributed by atoms with Crippen molar-refractivity contribution in [2.24, 2.45) is 0 Å². The minimum atomic E-state index is 0.833. The van der Waals surface area contributed by atoms with Crippen LogP contribution in [0, 0.1) is 6.92 Å². The first-order valence-corrected chi connectivity index (χ1v) is 7.41. The number of anilines is 1. The largest absolute Gasteiger partial charge is 0.496 e. The second kappa shape index (κ2) is 6.66. The highest BCUT2D eigenvalue weighted by molar-refractivity contribution is 5.91. The Balaban J connectivity index is 2.58. The summed E-state index contributed by atoms with van der Waals surface area (Å²) in [5.74, 6) is 2.79. The van der Waals surface area contributed by atoms with Crippen LogP contribution >= 0.6 is 0 Å². The van der Waals surface area contributed by atoms with E-state index in [1.54, 1.807) is 14.2 Å². The topological polar surface area (TPSA) is 35.8 Å². The van der Waals surface area contributed by atoms with Gasteiger partial charge in [0.2, 0.25) is 0 Å². The molecule has 4 heteroatoms. The zero-order valence-electron chi connectivity index (χ0n) is 13.6. The molecule has 0 amide bonds. The lowest BCUT2D eigenvalue weighted by Gasteiger charge is -2.14. The van der Waals surface area contributed by atoms with Crippen LogP contribution in [0.2, 0.25) is 0 Å². The van der Waals surface area contributed by atoms with Gasteiger partial charge in [-0.2, -0.15) is 0 Å². The lowest BCUT2D eigenvalue weighted by molar-refractivity contribution is -0.331.